The van der Waals surface area contributed by atoms with Crippen LogP contribution in [-0.2, 0) is 16.1 Å². The average molecular weight is 536 g/mol. The Morgan fingerprint density at radius 2 is 1.66 bits per heavy atom. The van der Waals surface area contributed by atoms with Crippen molar-refractivity contribution in [3.8, 4) is 0 Å². The zero-order valence-corrected chi connectivity index (χ0v) is 21.4. The maximum absolute atomic E-state index is 14.0. The van der Waals surface area contributed by atoms with Crippen LogP contribution in [0.4, 0.5) is 4.39 Å². The molecule has 5 rings (SSSR count). The third kappa shape index (κ3) is 5.14. The summed E-state index contributed by atoms with van der Waals surface area (Å²) in [4.78, 5) is 43.3. The first-order chi connectivity index (χ1) is 18.4. The smallest absolute Gasteiger partial charge is 0.256 e. The molecule has 196 valence electrons. The van der Waals surface area contributed by atoms with E-state index in [2.05, 4.69) is 5.32 Å². The van der Waals surface area contributed by atoms with Gasteiger partial charge in [-0.25, -0.2) is 4.39 Å². The third-order valence-corrected chi connectivity index (χ3v) is 7.43. The summed E-state index contributed by atoms with van der Waals surface area (Å²) < 4.78 is 20.2. The number of rotatable bonds is 5. The molecule has 1 atom stereocenters. The van der Waals surface area contributed by atoms with Gasteiger partial charge in [0.1, 0.15) is 17.6 Å². The Balaban J connectivity index is 1.37. The molecule has 0 aromatic heterocycles. The van der Waals surface area contributed by atoms with Crippen molar-refractivity contribution in [2.75, 3.05) is 19.7 Å². The van der Waals surface area contributed by atoms with Crippen molar-refractivity contribution >= 4 is 29.3 Å². The molecule has 0 saturated carbocycles. The van der Waals surface area contributed by atoms with Gasteiger partial charge in [0.05, 0.1) is 17.2 Å². The van der Waals surface area contributed by atoms with Gasteiger partial charge in [-0.3, -0.25) is 19.3 Å². The number of likely N-dealkylation sites (tertiary alicyclic amines) is 1. The van der Waals surface area contributed by atoms with Crippen LogP contribution in [0.1, 0.15) is 39.1 Å². The highest BCUT2D eigenvalue weighted by Crippen LogP contribution is 2.39. The molecule has 1 N–H and O–H groups in total. The van der Waals surface area contributed by atoms with Crippen molar-refractivity contribution in [3.05, 3.63) is 106 Å². The third-order valence-electron chi connectivity index (χ3n) is 7.10. The standard InChI is InChI=1S/C29H27ClFN3O4/c30-24-12-5-4-11-23(24)28(37)33-15-13-29(14-16-33)34(27(36)21-9-6-10-22(31)17-21)25(19-38-29)26(35)32-18-20-7-2-1-3-8-20/h1-12,17,25H,13-16,18-19H2,(H,32,35). The van der Waals surface area contributed by atoms with Gasteiger partial charge in [-0.2, -0.15) is 0 Å². The van der Waals surface area contributed by atoms with E-state index in [0.29, 0.717) is 43.1 Å². The normalized spacial score (nSPS) is 18.4. The Bertz CT molecular complexity index is 1340. The Kier molecular flexibility index (Phi) is 7.44. The minimum Gasteiger partial charge on any atom is -0.353 e. The van der Waals surface area contributed by atoms with E-state index in [0.717, 1.165) is 11.6 Å². The number of carbonyl (C=O) groups excluding carboxylic acids is 3. The molecule has 3 aromatic rings. The molecular formula is C29H27ClFN3O4. The fourth-order valence-corrected chi connectivity index (χ4v) is 5.31. The summed E-state index contributed by atoms with van der Waals surface area (Å²) in [6.07, 6.45) is 0.597. The van der Waals surface area contributed by atoms with Gasteiger partial charge < -0.3 is 15.0 Å². The molecule has 2 heterocycles. The van der Waals surface area contributed by atoms with Gasteiger partial charge in [0.25, 0.3) is 11.8 Å². The van der Waals surface area contributed by atoms with Gasteiger partial charge in [0, 0.05) is 38.0 Å². The van der Waals surface area contributed by atoms with E-state index in [1.807, 2.05) is 30.3 Å². The lowest BCUT2D eigenvalue weighted by Gasteiger charge is -2.44. The van der Waals surface area contributed by atoms with Crippen LogP contribution in [0.2, 0.25) is 5.02 Å². The fraction of sp³-hybridized carbons (Fsp3) is 0.276. The van der Waals surface area contributed by atoms with Gasteiger partial charge in [0.15, 0.2) is 0 Å². The van der Waals surface area contributed by atoms with Gasteiger partial charge in [-0.15, -0.1) is 0 Å². The minimum atomic E-state index is -1.10. The van der Waals surface area contributed by atoms with E-state index in [1.165, 1.54) is 23.1 Å². The number of halogens is 2. The van der Waals surface area contributed by atoms with E-state index < -0.39 is 23.5 Å². The number of benzene rings is 3. The molecule has 2 aliphatic heterocycles. The molecule has 3 aromatic carbocycles. The second kappa shape index (κ2) is 10.9. The van der Waals surface area contributed by atoms with Crippen LogP contribution in [0, 0.1) is 5.82 Å². The molecule has 9 heteroatoms. The number of nitrogens with one attached hydrogen (secondary N) is 1. The summed E-state index contributed by atoms with van der Waals surface area (Å²) in [6, 6.07) is 20.8. The first kappa shape index (κ1) is 25.9. The Hall–Kier alpha value is -3.75. The number of amides is 3. The maximum atomic E-state index is 14.0. The Morgan fingerprint density at radius 3 is 2.37 bits per heavy atom. The van der Waals surface area contributed by atoms with E-state index >= 15 is 0 Å². The number of piperidine rings is 1. The Morgan fingerprint density at radius 1 is 0.947 bits per heavy atom. The molecular weight excluding hydrogens is 509 g/mol. The quantitative estimate of drug-likeness (QED) is 0.529. The predicted octanol–water partition coefficient (Wildman–Crippen LogP) is 4.27. The number of carbonyl (C=O) groups is 3. The van der Waals surface area contributed by atoms with Crippen molar-refractivity contribution in [3.63, 3.8) is 0 Å². The summed E-state index contributed by atoms with van der Waals surface area (Å²) in [5.74, 6) is -1.60. The first-order valence-electron chi connectivity index (χ1n) is 12.5. The number of ether oxygens (including phenoxy) is 1. The highest BCUT2D eigenvalue weighted by Gasteiger charge is 2.54. The van der Waals surface area contributed by atoms with E-state index in [9.17, 15) is 18.8 Å². The van der Waals surface area contributed by atoms with Gasteiger partial charge in [-0.1, -0.05) is 60.1 Å². The molecule has 2 aliphatic rings. The summed E-state index contributed by atoms with van der Waals surface area (Å²) in [6.45, 7) is 0.899. The van der Waals surface area contributed by atoms with Gasteiger partial charge >= 0.3 is 0 Å². The molecule has 2 fully saturated rings. The molecule has 1 unspecified atom stereocenters. The lowest BCUT2D eigenvalue weighted by molar-refractivity contribution is -0.128. The zero-order valence-electron chi connectivity index (χ0n) is 20.6. The molecule has 0 bridgehead atoms. The first-order valence-corrected chi connectivity index (χ1v) is 12.8. The fourth-order valence-electron chi connectivity index (χ4n) is 5.09. The average Bonchev–Trinajstić information content (AvgIpc) is 3.30. The number of hydrogen-bond acceptors (Lipinski definition) is 4. The van der Waals surface area contributed by atoms with Crippen molar-refractivity contribution in [1.82, 2.24) is 15.1 Å². The second-order valence-electron chi connectivity index (χ2n) is 9.43. The molecule has 38 heavy (non-hydrogen) atoms. The monoisotopic (exact) mass is 535 g/mol. The summed E-state index contributed by atoms with van der Waals surface area (Å²) in [7, 11) is 0. The zero-order chi connectivity index (χ0) is 26.7. The van der Waals surface area contributed by atoms with Crippen LogP contribution < -0.4 is 5.32 Å². The minimum absolute atomic E-state index is 0.000137. The topological polar surface area (TPSA) is 79.0 Å². The maximum Gasteiger partial charge on any atom is 0.256 e. The summed E-state index contributed by atoms with van der Waals surface area (Å²) in [5.41, 5.74) is 0.354. The lowest BCUT2D eigenvalue weighted by Crippen LogP contribution is -2.59. The SMILES string of the molecule is O=C(NCc1ccccc1)C1COC2(CCN(C(=O)c3ccccc3Cl)CC2)N1C(=O)c1cccc(F)c1. The molecule has 0 aliphatic carbocycles. The van der Waals surface area contributed by atoms with Crippen LogP contribution in [-0.4, -0.2) is 59.0 Å². The molecule has 3 amide bonds. The molecule has 7 nitrogen and oxygen atoms in total. The van der Waals surface area contributed by atoms with E-state index in [1.54, 1.807) is 29.2 Å². The summed E-state index contributed by atoms with van der Waals surface area (Å²) >= 11 is 6.23. The van der Waals surface area contributed by atoms with Gasteiger partial charge in [0.2, 0.25) is 5.91 Å². The van der Waals surface area contributed by atoms with Crippen LogP contribution in [0.5, 0.6) is 0 Å². The number of hydrogen-bond donors (Lipinski definition) is 1. The van der Waals surface area contributed by atoms with Crippen molar-refractivity contribution in [2.45, 2.75) is 31.2 Å². The van der Waals surface area contributed by atoms with Crippen molar-refractivity contribution in [2.24, 2.45) is 0 Å². The molecule has 0 radical (unpaired) electrons. The van der Waals surface area contributed by atoms with Crippen LogP contribution in [0.15, 0.2) is 78.9 Å². The van der Waals surface area contributed by atoms with Crippen LogP contribution in [0.25, 0.3) is 0 Å². The van der Waals surface area contributed by atoms with Crippen LogP contribution in [0.3, 0.4) is 0 Å². The lowest BCUT2D eigenvalue weighted by atomic mass is 9.96. The highest BCUT2D eigenvalue weighted by molar-refractivity contribution is 6.33. The summed E-state index contributed by atoms with van der Waals surface area (Å²) in [5, 5.41) is 3.27. The van der Waals surface area contributed by atoms with E-state index in [4.69, 9.17) is 16.3 Å². The second-order valence-corrected chi connectivity index (χ2v) is 9.84. The van der Waals surface area contributed by atoms with E-state index in [-0.39, 0.29) is 24.0 Å². The van der Waals surface area contributed by atoms with Crippen LogP contribution >= 0.6 is 11.6 Å². The van der Waals surface area contributed by atoms with Gasteiger partial charge in [-0.05, 0) is 35.9 Å². The Labute approximate surface area is 225 Å². The molecule has 1 spiro atoms. The number of nitrogens with zero attached hydrogens (tertiary/aromatic N) is 2. The van der Waals surface area contributed by atoms with Crippen molar-refractivity contribution < 1.29 is 23.5 Å². The predicted molar refractivity (Wildman–Crippen MR) is 140 cm³/mol. The highest BCUT2D eigenvalue weighted by atomic mass is 35.5. The van der Waals surface area contributed by atoms with Crippen molar-refractivity contribution in [1.29, 1.82) is 0 Å². The largest absolute Gasteiger partial charge is 0.353 e. The molecule has 2 saturated heterocycles.